The van der Waals surface area contributed by atoms with E-state index in [0.717, 1.165) is 48.2 Å². The van der Waals surface area contributed by atoms with Crippen LogP contribution in [0.25, 0.3) is 11.1 Å². The van der Waals surface area contributed by atoms with Crippen LogP contribution in [0.15, 0.2) is 42.5 Å². The lowest BCUT2D eigenvalue weighted by atomic mass is 9.81. The molecule has 2 heterocycles. The van der Waals surface area contributed by atoms with Gasteiger partial charge in [0.25, 0.3) is 0 Å². The molecule has 152 valence electrons. The second-order valence-corrected chi connectivity index (χ2v) is 8.78. The maximum Gasteiger partial charge on any atom is 0.223 e. The number of halogens is 1. The van der Waals surface area contributed by atoms with Gasteiger partial charge >= 0.3 is 0 Å². The molecule has 3 atom stereocenters. The number of aliphatic hydroxyl groups is 1. The number of benzene rings is 2. The van der Waals surface area contributed by atoms with Crippen LogP contribution in [-0.2, 0) is 4.79 Å². The third-order valence-corrected chi connectivity index (χ3v) is 6.99. The van der Waals surface area contributed by atoms with Gasteiger partial charge in [-0.25, -0.2) is 4.39 Å². The predicted molar refractivity (Wildman–Crippen MR) is 111 cm³/mol. The molecule has 1 saturated carbocycles. The highest BCUT2D eigenvalue weighted by atomic mass is 19.1. The number of carbonyl (C=O) groups is 1. The number of hydrogen-bond acceptors (Lipinski definition) is 3. The summed E-state index contributed by atoms with van der Waals surface area (Å²) >= 11 is 0. The summed E-state index contributed by atoms with van der Waals surface area (Å²) in [5.41, 5.74) is 3.96. The Kier molecular flexibility index (Phi) is 4.58. The van der Waals surface area contributed by atoms with E-state index in [-0.39, 0.29) is 36.3 Å². The second kappa shape index (κ2) is 7.13. The lowest BCUT2D eigenvalue weighted by Gasteiger charge is -2.44. The Bertz CT molecular complexity index is 942. The molecule has 1 N–H and O–H groups in total. The van der Waals surface area contributed by atoms with Gasteiger partial charge in [0.2, 0.25) is 5.91 Å². The standard InChI is InChI=1S/C24H27FN2O2/c1-26-21-8-7-17(16-3-2-4-18(25)12-16)13-20(21)24-19(22(26)14-28)9-10-27(24)23(29)11-15-5-6-15/h2-4,7-8,12-13,15,19,22,24,28H,5-6,9-11,14H2,1H3/t19-,22+,24-/m1/s1. The summed E-state index contributed by atoms with van der Waals surface area (Å²) in [6.45, 7) is 0.822. The molecule has 29 heavy (non-hydrogen) atoms. The Balaban J connectivity index is 1.57. The van der Waals surface area contributed by atoms with Crippen LogP contribution in [0.3, 0.4) is 0 Å². The zero-order valence-corrected chi connectivity index (χ0v) is 16.7. The number of anilines is 1. The van der Waals surface area contributed by atoms with E-state index < -0.39 is 0 Å². The topological polar surface area (TPSA) is 43.8 Å². The summed E-state index contributed by atoms with van der Waals surface area (Å²) < 4.78 is 13.8. The van der Waals surface area contributed by atoms with E-state index in [2.05, 4.69) is 17.0 Å². The van der Waals surface area contributed by atoms with Gasteiger partial charge in [0.15, 0.2) is 0 Å². The molecule has 4 nitrogen and oxygen atoms in total. The van der Waals surface area contributed by atoms with Gasteiger partial charge in [0.1, 0.15) is 5.82 Å². The molecule has 0 unspecified atom stereocenters. The van der Waals surface area contributed by atoms with Crippen molar-refractivity contribution in [2.24, 2.45) is 11.8 Å². The summed E-state index contributed by atoms with van der Waals surface area (Å²) in [5.74, 6) is 0.754. The van der Waals surface area contributed by atoms with E-state index in [1.807, 2.05) is 24.1 Å². The molecule has 5 rings (SSSR count). The Morgan fingerprint density at radius 1 is 1.14 bits per heavy atom. The predicted octanol–water partition coefficient (Wildman–Crippen LogP) is 3.99. The highest BCUT2D eigenvalue weighted by Crippen LogP contribution is 2.50. The average Bonchev–Trinajstić information content (AvgIpc) is 3.42. The van der Waals surface area contributed by atoms with Gasteiger partial charge in [0.05, 0.1) is 18.7 Å². The Labute approximate surface area is 170 Å². The summed E-state index contributed by atoms with van der Waals surface area (Å²) in [6.07, 6.45) is 3.87. The normalized spacial score (nSPS) is 25.7. The highest BCUT2D eigenvalue weighted by molar-refractivity contribution is 5.79. The molecule has 1 aliphatic carbocycles. The maximum absolute atomic E-state index is 13.8. The van der Waals surface area contributed by atoms with E-state index >= 15 is 0 Å². The van der Waals surface area contributed by atoms with Crippen LogP contribution < -0.4 is 4.90 Å². The van der Waals surface area contributed by atoms with Crippen LogP contribution in [0.2, 0.25) is 0 Å². The van der Waals surface area contributed by atoms with Crippen LogP contribution in [0.4, 0.5) is 10.1 Å². The van der Waals surface area contributed by atoms with Crippen LogP contribution in [0, 0.1) is 17.7 Å². The minimum atomic E-state index is -0.252. The molecular weight excluding hydrogens is 367 g/mol. The average molecular weight is 394 g/mol. The molecule has 1 saturated heterocycles. The second-order valence-electron chi connectivity index (χ2n) is 8.78. The van der Waals surface area contributed by atoms with E-state index in [4.69, 9.17) is 0 Å². The fraction of sp³-hybridized carbons (Fsp3) is 0.458. The van der Waals surface area contributed by atoms with Gasteiger partial charge in [-0.3, -0.25) is 4.79 Å². The number of rotatable bonds is 4. The molecule has 0 aromatic heterocycles. The summed E-state index contributed by atoms with van der Waals surface area (Å²) in [7, 11) is 2.02. The number of nitrogens with zero attached hydrogens (tertiary/aromatic N) is 2. The molecule has 0 spiro atoms. The SMILES string of the molecule is CN1c2ccc(-c3cccc(F)c3)cc2[C@H]2[C@H](CCN2C(=O)CC2CC2)[C@@H]1CO. The van der Waals surface area contributed by atoms with E-state index in [1.165, 1.54) is 6.07 Å². The largest absolute Gasteiger partial charge is 0.394 e. The molecule has 2 aromatic carbocycles. The fourth-order valence-electron chi connectivity index (χ4n) is 5.27. The van der Waals surface area contributed by atoms with Crippen molar-refractivity contribution in [2.75, 3.05) is 25.1 Å². The van der Waals surface area contributed by atoms with Crippen molar-refractivity contribution in [2.45, 2.75) is 37.8 Å². The lowest BCUT2D eigenvalue weighted by molar-refractivity contribution is -0.133. The first-order chi connectivity index (χ1) is 14.1. The minimum Gasteiger partial charge on any atom is -0.394 e. The quantitative estimate of drug-likeness (QED) is 0.853. The molecule has 2 fully saturated rings. The van der Waals surface area contributed by atoms with E-state index in [0.29, 0.717) is 12.3 Å². The van der Waals surface area contributed by atoms with Crippen molar-refractivity contribution in [1.29, 1.82) is 0 Å². The van der Waals surface area contributed by atoms with Gasteiger partial charge in [-0.15, -0.1) is 0 Å². The number of amides is 1. The van der Waals surface area contributed by atoms with Crippen molar-refractivity contribution in [3.63, 3.8) is 0 Å². The van der Waals surface area contributed by atoms with Crippen LogP contribution in [-0.4, -0.2) is 42.2 Å². The highest BCUT2D eigenvalue weighted by Gasteiger charge is 2.48. The molecule has 2 aromatic rings. The van der Waals surface area contributed by atoms with Gasteiger partial charge in [-0.05, 0) is 66.1 Å². The molecule has 0 bridgehead atoms. The number of carbonyl (C=O) groups excluding carboxylic acids is 1. The van der Waals surface area contributed by atoms with Crippen molar-refractivity contribution >= 4 is 11.6 Å². The molecule has 0 radical (unpaired) electrons. The first kappa shape index (κ1) is 18.6. The lowest BCUT2D eigenvalue weighted by Crippen LogP contribution is -2.48. The zero-order valence-electron chi connectivity index (χ0n) is 16.7. The van der Waals surface area contributed by atoms with Gasteiger partial charge in [0, 0.05) is 31.6 Å². The maximum atomic E-state index is 13.8. The number of aliphatic hydroxyl groups excluding tert-OH is 1. The Hall–Kier alpha value is -2.40. The summed E-state index contributed by atoms with van der Waals surface area (Å²) in [4.78, 5) is 17.2. The molecule has 5 heteroatoms. The van der Waals surface area contributed by atoms with Gasteiger partial charge in [-0.2, -0.15) is 0 Å². The molecule has 1 amide bonds. The first-order valence-electron chi connectivity index (χ1n) is 10.6. The van der Waals surface area contributed by atoms with E-state index in [1.54, 1.807) is 12.1 Å². The van der Waals surface area contributed by atoms with Crippen molar-refractivity contribution in [3.8, 4) is 11.1 Å². The van der Waals surface area contributed by atoms with Gasteiger partial charge < -0.3 is 14.9 Å². The van der Waals surface area contributed by atoms with Gasteiger partial charge in [-0.1, -0.05) is 18.2 Å². The molecular formula is C24H27FN2O2. The molecule has 2 aliphatic heterocycles. The van der Waals surface area contributed by atoms with Crippen molar-refractivity contribution < 1.29 is 14.3 Å². The third-order valence-electron chi connectivity index (χ3n) is 6.99. The van der Waals surface area contributed by atoms with E-state index in [9.17, 15) is 14.3 Å². The number of likely N-dealkylation sites (N-methyl/N-ethyl adjacent to an activating group) is 1. The molecule has 3 aliphatic rings. The Morgan fingerprint density at radius 3 is 2.66 bits per heavy atom. The minimum absolute atomic E-state index is 0.00578. The third kappa shape index (κ3) is 3.21. The fourth-order valence-corrected chi connectivity index (χ4v) is 5.27. The van der Waals surface area contributed by atoms with Crippen molar-refractivity contribution in [1.82, 2.24) is 4.90 Å². The first-order valence-corrected chi connectivity index (χ1v) is 10.6. The Morgan fingerprint density at radius 2 is 1.93 bits per heavy atom. The number of fused-ring (bicyclic) bond motifs is 3. The van der Waals surface area contributed by atoms with Crippen LogP contribution >= 0.6 is 0 Å². The van der Waals surface area contributed by atoms with Crippen LogP contribution in [0.1, 0.15) is 37.3 Å². The summed E-state index contributed by atoms with van der Waals surface area (Å²) in [6, 6.07) is 12.8. The number of hydrogen-bond donors (Lipinski definition) is 1. The zero-order chi connectivity index (χ0) is 20.1. The monoisotopic (exact) mass is 394 g/mol. The smallest absolute Gasteiger partial charge is 0.223 e. The number of likely N-dealkylation sites (tertiary alicyclic amines) is 1. The van der Waals surface area contributed by atoms with Crippen LogP contribution in [0.5, 0.6) is 0 Å². The summed E-state index contributed by atoms with van der Waals surface area (Å²) in [5, 5.41) is 10.1. The van der Waals surface area contributed by atoms with Crippen molar-refractivity contribution in [3.05, 3.63) is 53.8 Å².